The molecule has 0 aliphatic heterocycles. The Kier molecular flexibility index (Phi) is 4.71. The molecule has 0 saturated carbocycles. The first-order chi connectivity index (χ1) is 15.1. The average molecular weight is 414 g/mol. The van der Waals surface area contributed by atoms with Crippen molar-refractivity contribution in [3.05, 3.63) is 117 Å². The van der Waals surface area contributed by atoms with Gasteiger partial charge in [0.05, 0.1) is 17.4 Å². The molecule has 0 fully saturated rings. The van der Waals surface area contributed by atoms with Gasteiger partial charge in [-0.05, 0) is 30.2 Å². The lowest BCUT2D eigenvalue weighted by atomic mass is 10.1. The Bertz CT molecular complexity index is 1520. The van der Waals surface area contributed by atoms with Gasteiger partial charge in [-0.25, -0.2) is 18.3 Å². The number of fused-ring (bicyclic) bond motifs is 3. The molecule has 0 amide bonds. The van der Waals surface area contributed by atoms with Gasteiger partial charge in [-0.3, -0.25) is 9.36 Å². The summed E-state index contributed by atoms with van der Waals surface area (Å²) in [6, 6.07) is 23.1. The minimum Gasteiger partial charge on any atom is -0.276 e. The molecule has 0 bridgehead atoms. The van der Waals surface area contributed by atoms with Gasteiger partial charge in [-0.1, -0.05) is 60.7 Å². The molecule has 0 atom stereocenters. The smallest absolute Gasteiger partial charge is 0.276 e. The Hall–Kier alpha value is -4.00. The second-order valence-corrected chi connectivity index (χ2v) is 7.38. The van der Waals surface area contributed by atoms with Gasteiger partial charge in [0.1, 0.15) is 5.82 Å². The summed E-state index contributed by atoms with van der Waals surface area (Å²) in [4.78, 5) is 26.5. The van der Waals surface area contributed by atoms with E-state index in [4.69, 9.17) is 0 Å². The predicted octanol–water partition coefficient (Wildman–Crippen LogP) is 3.24. The molecule has 5 aromatic rings. The van der Waals surface area contributed by atoms with Gasteiger partial charge in [0.25, 0.3) is 5.56 Å². The van der Waals surface area contributed by atoms with Crippen LogP contribution in [0.4, 0.5) is 4.39 Å². The van der Waals surface area contributed by atoms with Crippen molar-refractivity contribution in [3.8, 4) is 0 Å². The molecule has 154 valence electrons. The number of benzene rings is 3. The largest absolute Gasteiger partial charge is 0.352 e. The van der Waals surface area contributed by atoms with Crippen LogP contribution in [0.15, 0.2) is 88.5 Å². The van der Waals surface area contributed by atoms with Crippen molar-refractivity contribution in [3.63, 3.8) is 0 Å². The standard InChI is InChI=1S/C24H19FN4O2/c25-20-12-6-4-10-18(20)16-28-24(31)29-21-13-7-5-11-19(21)22(30)27(23(29)26-28)15-14-17-8-2-1-3-9-17/h1-13H,14-16H2. The molecule has 0 unspecified atom stereocenters. The lowest BCUT2D eigenvalue weighted by Gasteiger charge is -2.09. The molecule has 6 nitrogen and oxygen atoms in total. The highest BCUT2D eigenvalue weighted by Gasteiger charge is 2.18. The zero-order valence-corrected chi connectivity index (χ0v) is 16.6. The molecule has 0 aliphatic carbocycles. The molecule has 2 heterocycles. The van der Waals surface area contributed by atoms with E-state index in [9.17, 15) is 14.0 Å². The Morgan fingerprint density at radius 2 is 1.55 bits per heavy atom. The van der Waals surface area contributed by atoms with Crippen molar-refractivity contribution in [1.82, 2.24) is 18.7 Å². The van der Waals surface area contributed by atoms with Gasteiger partial charge >= 0.3 is 5.69 Å². The summed E-state index contributed by atoms with van der Waals surface area (Å²) < 4.78 is 18.3. The van der Waals surface area contributed by atoms with E-state index in [0.29, 0.717) is 29.4 Å². The van der Waals surface area contributed by atoms with Crippen LogP contribution >= 0.6 is 0 Å². The topological polar surface area (TPSA) is 61.3 Å². The van der Waals surface area contributed by atoms with E-state index in [-0.39, 0.29) is 17.9 Å². The van der Waals surface area contributed by atoms with Crippen LogP contribution in [-0.4, -0.2) is 18.7 Å². The highest BCUT2D eigenvalue weighted by atomic mass is 19.1. The number of aromatic nitrogens is 4. The van der Waals surface area contributed by atoms with Crippen molar-refractivity contribution in [2.45, 2.75) is 19.5 Å². The van der Waals surface area contributed by atoms with Crippen LogP contribution in [-0.2, 0) is 19.5 Å². The van der Waals surface area contributed by atoms with Gasteiger partial charge in [-0.15, -0.1) is 5.10 Å². The van der Waals surface area contributed by atoms with E-state index >= 15 is 0 Å². The maximum atomic E-state index is 14.2. The first kappa shape index (κ1) is 19.0. The van der Waals surface area contributed by atoms with Crippen LogP contribution in [0.5, 0.6) is 0 Å². The quantitative estimate of drug-likeness (QED) is 0.444. The highest BCUT2D eigenvalue weighted by Crippen LogP contribution is 2.13. The third-order valence-corrected chi connectivity index (χ3v) is 5.43. The molecular formula is C24H19FN4O2. The summed E-state index contributed by atoms with van der Waals surface area (Å²) in [5.74, 6) is -0.154. The number of para-hydroxylation sites is 1. The van der Waals surface area contributed by atoms with Crippen LogP contribution in [0.3, 0.4) is 0 Å². The molecule has 31 heavy (non-hydrogen) atoms. The fourth-order valence-corrected chi connectivity index (χ4v) is 3.85. The van der Waals surface area contributed by atoms with Gasteiger partial charge in [-0.2, -0.15) is 0 Å². The molecule has 2 aromatic heterocycles. The van der Waals surface area contributed by atoms with Crippen LogP contribution in [0.25, 0.3) is 16.7 Å². The molecule has 0 aliphatic rings. The Morgan fingerprint density at radius 3 is 2.35 bits per heavy atom. The van der Waals surface area contributed by atoms with Crippen LogP contribution in [0, 0.1) is 5.82 Å². The molecule has 3 aromatic carbocycles. The van der Waals surface area contributed by atoms with E-state index < -0.39 is 11.5 Å². The molecule has 0 N–H and O–H groups in total. The van der Waals surface area contributed by atoms with E-state index in [2.05, 4.69) is 5.10 Å². The van der Waals surface area contributed by atoms with Gasteiger partial charge in [0.2, 0.25) is 5.78 Å². The summed E-state index contributed by atoms with van der Waals surface area (Å²) in [5.41, 5.74) is 1.30. The van der Waals surface area contributed by atoms with E-state index in [1.807, 2.05) is 30.3 Å². The third kappa shape index (κ3) is 3.34. The van der Waals surface area contributed by atoms with Crippen LogP contribution in [0.1, 0.15) is 11.1 Å². The molecular weight excluding hydrogens is 395 g/mol. The maximum absolute atomic E-state index is 14.2. The van der Waals surface area contributed by atoms with Gasteiger partial charge < -0.3 is 0 Å². The van der Waals surface area contributed by atoms with Crippen molar-refractivity contribution < 1.29 is 4.39 Å². The number of nitrogens with zero attached hydrogens (tertiary/aromatic N) is 4. The van der Waals surface area contributed by atoms with Crippen LogP contribution < -0.4 is 11.2 Å². The minimum atomic E-state index is -0.414. The van der Waals surface area contributed by atoms with Crippen molar-refractivity contribution >= 4 is 16.7 Å². The highest BCUT2D eigenvalue weighted by molar-refractivity contribution is 5.80. The lowest BCUT2D eigenvalue weighted by Crippen LogP contribution is -2.27. The van der Waals surface area contributed by atoms with E-state index in [1.54, 1.807) is 42.5 Å². The van der Waals surface area contributed by atoms with Gasteiger partial charge in [0, 0.05) is 12.1 Å². The summed E-state index contributed by atoms with van der Waals surface area (Å²) >= 11 is 0. The first-order valence-electron chi connectivity index (χ1n) is 10.0. The summed E-state index contributed by atoms with van der Waals surface area (Å²) in [6.45, 7) is 0.349. The number of hydrogen-bond donors (Lipinski definition) is 0. The average Bonchev–Trinajstić information content (AvgIpc) is 3.12. The molecule has 5 rings (SSSR count). The third-order valence-electron chi connectivity index (χ3n) is 5.43. The second-order valence-electron chi connectivity index (χ2n) is 7.38. The molecule has 0 spiro atoms. The predicted molar refractivity (Wildman–Crippen MR) is 117 cm³/mol. The zero-order valence-electron chi connectivity index (χ0n) is 16.6. The van der Waals surface area contributed by atoms with E-state index in [1.165, 1.54) is 19.7 Å². The molecule has 7 heteroatoms. The normalized spacial score (nSPS) is 11.4. The summed E-state index contributed by atoms with van der Waals surface area (Å²) in [7, 11) is 0. The summed E-state index contributed by atoms with van der Waals surface area (Å²) in [5, 5.41) is 4.88. The van der Waals surface area contributed by atoms with Crippen molar-refractivity contribution in [2.75, 3.05) is 0 Å². The van der Waals surface area contributed by atoms with Crippen LogP contribution in [0.2, 0.25) is 0 Å². The van der Waals surface area contributed by atoms with Crippen molar-refractivity contribution in [1.29, 1.82) is 0 Å². The summed E-state index contributed by atoms with van der Waals surface area (Å²) in [6.07, 6.45) is 0.614. The minimum absolute atomic E-state index is 0.0195. The number of rotatable bonds is 5. The monoisotopic (exact) mass is 414 g/mol. The number of aryl methyl sites for hydroxylation is 2. The van der Waals surface area contributed by atoms with Gasteiger partial charge in [0.15, 0.2) is 0 Å². The first-order valence-corrected chi connectivity index (χ1v) is 10.0. The fourth-order valence-electron chi connectivity index (χ4n) is 3.85. The van der Waals surface area contributed by atoms with E-state index in [0.717, 1.165) is 5.56 Å². The Balaban J connectivity index is 1.70. The molecule has 0 saturated heterocycles. The number of hydrogen-bond acceptors (Lipinski definition) is 3. The fraction of sp³-hybridized carbons (Fsp3) is 0.125. The Morgan fingerprint density at radius 1 is 0.839 bits per heavy atom. The number of halogens is 1. The SMILES string of the molecule is O=c1c2ccccc2n2c(=O)n(Cc3ccccc3F)nc2n1CCc1ccccc1. The maximum Gasteiger partial charge on any atom is 0.352 e. The molecule has 0 radical (unpaired) electrons. The second kappa shape index (κ2) is 7.68. The zero-order chi connectivity index (χ0) is 21.4. The van der Waals surface area contributed by atoms with Crippen molar-refractivity contribution in [2.24, 2.45) is 0 Å². The lowest BCUT2D eigenvalue weighted by molar-refractivity contribution is 0.577. The Labute approximate surface area is 176 Å².